The topological polar surface area (TPSA) is 101 Å². The molecule has 0 saturated heterocycles. The molecular weight excluding hydrogens is 372 g/mol. The number of carbonyl (C=O) groups excluding carboxylic acids is 3. The van der Waals surface area contributed by atoms with Crippen LogP contribution in [0.5, 0.6) is 0 Å². The van der Waals surface area contributed by atoms with Crippen molar-refractivity contribution in [3.05, 3.63) is 23.8 Å². The zero-order chi connectivity index (χ0) is 21.2. The van der Waals surface area contributed by atoms with Crippen LogP contribution < -0.4 is 0 Å². The third-order valence-electron chi connectivity index (χ3n) is 8.52. The number of rotatable bonds is 3. The molecule has 0 bridgehead atoms. The van der Waals surface area contributed by atoms with E-state index in [1.807, 2.05) is 13.0 Å². The number of aliphatic hydroxyl groups is 2. The number of fused-ring (bicyclic) bond motifs is 5. The average molecular weight is 402 g/mol. The maximum atomic E-state index is 12.9. The average Bonchev–Trinajstić information content (AvgIpc) is 2.91. The number of hydrogen-bond acceptors (Lipinski definition) is 6. The molecule has 4 rings (SSSR count). The monoisotopic (exact) mass is 402 g/mol. The van der Waals surface area contributed by atoms with Crippen LogP contribution in [0.2, 0.25) is 0 Å². The van der Waals surface area contributed by atoms with Crippen LogP contribution in [0.25, 0.3) is 0 Å². The molecule has 4 aliphatic rings. The SMILES string of the molecule is CC(=O)OCC(=O)[C@]1(O)CC[C@@H]2[C@H]3CCC4=CC(=O)C=C[C@]4(C)[C@@H]3[C@H](O)C[C@@]21C. The van der Waals surface area contributed by atoms with Crippen molar-refractivity contribution < 1.29 is 29.3 Å². The van der Waals surface area contributed by atoms with Gasteiger partial charge >= 0.3 is 5.97 Å². The molecule has 0 aromatic rings. The molecule has 6 nitrogen and oxygen atoms in total. The lowest BCUT2D eigenvalue weighted by molar-refractivity contribution is -0.181. The van der Waals surface area contributed by atoms with E-state index in [1.165, 1.54) is 6.92 Å². The van der Waals surface area contributed by atoms with E-state index in [4.69, 9.17) is 4.74 Å². The molecule has 0 spiro atoms. The second-order valence-corrected chi connectivity index (χ2v) is 9.81. The molecule has 0 amide bonds. The van der Waals surface area contributed by atoms with E-state index >= 15 is 0 Å². The maximum absolute atomic E-state index is 12.9. The summed E-state index contributed by atoms with van der Waals surface area (Å²) in [6.45, 7) is 4.80. The van der Waals surface area contributed by atoms with Crippen LogP contribution in [-0.4, -0.2) is 46.1 Å². The van der Waals surface area contributed by atoms with Crippen molar-refractivity contribution in [3.63, 3.8) is 0 Å². The third-order valence-corrected chi connectivity index (χ3v) is 8.52. The van der Waals surface area contributed by atoms with E-state index in [2.05, 4.69) is 6.92 Å². The second kappa shape index (κ2) is 6.61. The van der Waals surface area contributed by atoms with Gasteiger partial charge < -0.3 is 14.9 Å². The molecule has 0 unspecified atom stereocenters. The van der Waals surface area contributed by atoms with E-state index in [0.29, 0.717) is 19.3 Å². The van der Waals surface area contributed by atoms with Gasteiger partial charge in [0.1, 0.15) is 5.60 Å². The first kappa shape index (κ1) is 20.5. The van der Waals surface area contributed by atoms with Crippen LogP contribution in [-0.2, 0) is 19.1 Å². The molecular formula is C23H30O6. The highest BCUT2D eigenvalue weighted by atomic mass is 16.5. The van der Waals surface area contributed by atoms with Gasteiger partial charge in [-0.1, -0.05) is 25.5 Å². The minimum Gasteiger partial charge on any atom is -0.458 e. The number of carbonyl (C=O) groups is 3. The lowest BCUT2D eigenvalue weighted by atomic mass is 9.46. The first-order valence-corrected chi connectivity index (χ1v) is 10.5. The summed E-state index contributed by atoms with van der Waals surface area (Å²) in [5, 5.41) is 22.7. The zero-order valence-electron chi connectivity index (χ0n) is 17.3. The predicted octanol–water partition coefficient (Wildman–Crippen LogP) is 2.13. The summed E-state index contributed by atoms with van der Waals surface area (Å²) in [7, 11) is 0. The standard InChI is InChI=1S/C23H30O6/c1-13(24)29-12-19(27)23(28)9-7-17-16-5-4-14-10-15(25)6-8-21(14,2)20(16)18(26)11-22(17,23)3/h6,8,10,16-18,20,26,28H,4-5,7,9,11-12H2,1-3H3/t16-,17-,18-,20+,21+,22+,23-/m1/s1. The van der Waals surface area contributed by atoms with Gasteiger partial charge in [-0.2, -0.15) is 0 Å². The Morgan fingerprint density at radius 2 is 2.00 bits per heavy atom. The van der Waals surface area contributed by atoms with Gasteiger partial charge in [0.25, 0.3) is 0 Å². The predicted molar refractivity (Wildman–Crippen MR) is 105 cm³/mol. The number of ether oxygens (including phenoxy) is 1. The van der Waals surface area contributed by atoms with Crippen LogP contribution in [0, 0.1) is 28.6 Å². The Bertz CT molecular complexity index is 827. The minimum absolute atomic E-state index is 0.00243. The van der Waals surface area contributed by atoms with Gasteiger partial charge in [-0.15, -0.1) is 0 Å². The van der Waals surface area contributed by atoms with Crippen molar-refractivity contribution in [3.8, 4) is 0 Å². The molecule has 2 N–H and O–H groups in total. The smallest absolute Gasteiger partial charge is 0.303 e. The van der Waals surface area contributed by atoms with Gasteiger partial charge in [0.15, 0.2) is 12.4 Å². The summed E-state index contributed by atoms with van der Waals surface area (Å²) < 4.78 is 4.88. The highest BCUT2D eigenvalue weighted by Crippen LogP contribution is 2.67. The molecule has 3 saturated carbocycles. The third kappa shape index (κ3) is 2.79. The number of aliphatic hydroxyl groups excluding tert-OH is 1. The van der Waals surface area contributed by atoms with Crippen LogP contribution in [0.3, 0.4) is 0 Å². The Labute approximate surface area is 171 Å². The van der Waals surface area contributed by atoms with Crippen LogP contribution in [0.4, 0.5) is 0 Å². The van der Waals surface area contributed by atoms with Gasteiger partial charge in [0.05, 0.1) is 6.10 Å². The summed E-state index contributed by atoms with van der Waals surface area (Å²) in [6, 6.07) is 0. The van der Waals surface area contributed by atoms with Crippen LogP contribution in [0.1, 0.15) is 52.9 Å². The molecule has 0 aliphatic heterocycles. The largest absolute Gasteiger partial charge is 0.458 e. The molecule has 0 radical (unpaired) electrons. The molecule has 29 heavy (non-hydrogen) atoms. The number of Topliss-reactive ketones (excluding diaryl/α,β-unsaturated/α-hetero) is 1. The fourth-order valence-electron chi connectivity index (χ4n) is 7.08. The molecule has 7 atom stereocenters. The Kier molecular flexibility index (Phi) is 4.67. The zero-order valence-corrected chi connectivity index (χ0v) is 17.3. The number of allylic oxidation sites excluding steroid dienone is 4. The summed E-state index contributed by atoms with van der Waals surface area (Å²) in [4.78, 5) is 35.9. The quantitative estimate of drug-likeness (QED) is 0.702. The van der Waals surface area contributed by atoms with E-state index in [0.717, 1.165) is 18.4 Å². The van der Waals surface area contributed by atoms with Crippen molar-refractivity contribution in [1.29, 1.82) is 0 Å². The molecule has 0 aromatic carbocycles. The summed E-state index contributed by atoms with van der Waals surface area (Å²) in [5.74, 6) is -0.836. The fourth-order valence-corrected chi connectivity index (χ4v) is 7.08. The lowest BCUT2D eigenvalue weighted by Crippen LogP contribution is -2.61. The lowest BCUT2D eigenvalue weighted by Gasteiger charge is -2.59. The first-order valence-electron chi connectivity index (χ1n) is 10.5. The van der Waals surface area contributed by atoms with E-state index in [-0.39, 0.29) is 29.0 Å². The Morgan fingerprint density at radius 3 is 2.69 bits per heavy atom. The summed E-state index contributed by atoms with van der Waals surface area (Å²) >= 11 is 0. The molecule has 0 aromatic heterocycles. The number of esters is 1. The van der Waals surface area contributed by atoms with Gasteiger partial charge in [-0.3, -0.25) is 14.4 Å². The van der Waals surface area contributed by atoms with Crippen molar-refractivity contribution in [2.24, 2.45) is 28.6 Å². The molecule has 6 heteroatoms. The van der Waals surface area contributed by atoms with Gasteiger partial charge in [-0.05, 0) is 56.1 Å². The summed E-state index contributed by atoms with van der Waals surface area (Å²) in [6.07, 6.45) is 7.50. The molecule has 3 fully saturated rings. The molecule has 158 valence electrons. The second-order valence-electron chi connectivity index (χ2n) is 9.81. The van der Waals surface area contributed by atoms with Crippen molar-refractivity contribution in [1.82, 2.24) is 0 Å². The van der Waals surface area contributed by atoms with E-state index in [1.54, 1.807) is 12.2 Å². The Morgan fingerprint density at radius 1 is 1.28 bits per heavy atom. The van der Waals surface area contributed by atoms with E-state index in [9.17, 15) is 24.6 Å². The number of hydrogen-bond donors (Lipinski definition) is 2. The van der Waals surface area contributed by atoms with Crippen molar-refractivity contribution in [2.75, 3.05) is 6.61 Å². The molecule has 4 aliphatic carbocycles. The molecule has 0 heterocycles. The first-order chi connectivity index (χ1) is 13.5. The van der Waals surface area contributed by atoms with Crippen LogP contribution >= 0.6 is 0 Å². The highest BCUT2D eigenvalue weighted by Gasteiger charge is 2.68. The van der Waals surface area contributed by atoms with Gasteiger partial charge in [0, 0.05) is 23.7 Å². The Balaban J connectivity index is 1.66. The van der Waals surface area contributed by atoms with Crippen molar-refractivity contribution in [2.45, 2.75) is 64.6 Å². The number of ketones is 2. The van der Waals surface area contributed by atoms with E-state index < -0.39 is 35.5 Å². The maximum Gasteiger partial charge on any atom is 0.303 e. The minimum atomic E-state index is -1.60. The van der Waals surface area contributed by atoms with Crippen molar-refractivity contribution >= 4 is 17.5 Å². The van der Waals surface area contributed by atoms with Gasteiger partial charge in [0.2, 0.25) is 5.78 Å². The van der Waals surface area contributed by atoms with Crippen LogP contribution in [0.15, 0.2) is 23.8 Å². The highest BCUT2D eigenvalue weighted by molar-refractivity contribution is 6.01. The summed E-state index contributed by atoms with van der Waals surface area (Å²) in [5.41, 5.74) is -1.67. The fraction of sp³-hybridized carbons (Fsp3) is 0.696. The Hall–Kier alpha value is -1.79. The normalized spacial score (nSPS) is 45.7. The van der Waals surface area contributed by atoms with Gasteiger partial charge in [-0.25, -0.2) is 0 Å².